The molecule has 3 heteroatoms. The molecule has 16 heavy (non-hydrogen) atoms. The van der Waals surface area contributed by atoms with Gasteiger partial charge in [0, 0.05) is 19.5 Å². The van der Waals surface area contributed by atoms with Crippen molar-refractivity contribution in [2.24, 2.45) is 5.92 Å². The third-order valence-corrected chi connectivity index (χ3v) is 3.64. The molecular weight excluding hydrogens is 218 g/mol. The Labute approximate surface area is 105 Å². The average molecular weight is 243 g/mol. The van der Waals surface area contributed by atoms with Crippen LogP contribution in [-0.4, -0.2) is 29.6 Å². The van der Waals surface area contributed by atoms with Crippen molar-refractivity contribution >= 4 is 18.5 Å². The largest absolute Gasteiger partial charge is 0.342 e. The number of nitrogens with zero attached hydrogens (tertiary/aromatic N) is 1. The Morgan fingerprint density at radius 3 is 2.75 bits per heavy atom. The lowest BCUT2D eigenvalue weighted by Gasteiger charge is -2.16. The van der Waals surface area contributed by atoms with Crippen LogP contribution in [0.2, 0.25) is 0 Å². The van der Waals surface area contributed by atoms with Gasteiger partial charge in [-0.3, -0.25) is 4.79 Å². The molecule has 1 fully saturated rings. The van der Waals surface area contributed by atoms with Gasteiger partial charge in [-0.25, -0.2) is 0 Å². The lowest BCUT2D eigenvalue weighted by atomic mass is 10.0. The average Bonchev–Trinajstić information content (AvgIpc) is 2.60. The number of carbonyl (C=O) groups excluding carboxylic acids is 1. The minimum atomic E-state index is 0.382. The molecule has 0 aliphatic carbocycles. The van der Waals surface area contributed by atoms with E-state index in [9.17, 15) is 4.79 Å². The summed E-state index contributed by atoms with van der Waals surface area (Å²) in [5.74, 6) is 2.00. The smallest absolute Gasteiger partial charge is 0.222 e. The van der Waals surface area contributed by atoms with Crippen LogP contribution in [0.4, 0.5) is 0 Å². The van der Waals surface area contributed by atoms with Crippen molar-refractivity contribution in [3.05, 3.63) is 0 Å². The van der Waals surface area contributed by atoms with Crippen LogP contribution in [0.15, 0.2) is 0 Å². The maximum Gasteiger partial charge on any atom is 0.222 e. The van der Waals surface area contributed by atoms with Crippen LogP contribution in [0.1, 0.15) is 51.9 Å². The Hall–Kier alpha value is -0.180. The molecule has 1 atom stereocenters. The van der Waals surface area contributed by atoms with Crippen molar-refractivity contribution in [2.75, 3.05) is 18.8 Å². The van der Waals surface area contributed by atoms with E-state index in [1.54, 1.807) is 0 Å². The fourth-order valence-electron chi connectivity index (χ4n) is 2.44. The summed E-state index contributed by atoms with van der Waals surface area (Å²) in [7, 11) is 0. The zero-order valence-electron chi connectivity index (χ0n) is 10.5. The second-order valence-corrected chi connectivity index (χ2v) is 5.28. The number of carbonyl (C=O) groups is 1. The van der Waals surface area contributed by atoms with Crippen LogP contribution in [0.5, 0.6) is 0 Å². The van der Waals surface area contributed by atoms with Crippen LogP contribution in [-0.2, 0) is 4.79 Å². The van der Waals surface area contributed by atoms with Gasteiger partial charge in [0.1, 0.15) is 0 Å². The highest BCUT2D eigenvalue weighted by molar-refractivity contribution is 7.80. The van der Waals surface area contributed by atoms with Crippen LogP contribution in [0, 0.1) is 5.92 Å². The first-order valence-corrected chi connectivity index (χ1v) is 7.29. The van der Waals surface area contributed by atoms with E-state index in [1.165, 1.54) is 38.5 Å². The summed E-state index contributed by atoms with van der Waals surface area (Å²) in [4.78, 5) is 13.8. The summed E-state index contributed by atoms with van der Waals surface area (Å²) in [6.45, 7) is 4.19. The Bertz CT molecular complexity index is 208. The fourth-order valence-corrected chi connectivity index (χ4v) is 2.66. The Kier molecular flexibility index (Phi) is 6.93. The number of hydrogen-bond acceptors (Lipinski definition) is 2. The number of hydrogen-bond donors (Lipinski definition) is 1. The predicted octanol–water partition coefficient (Wildman–Crippen LogP) is 3.13. The first-order chi connectivity index (χ1) is 7.77. The van der Waals surface area contributed by atoms with Gasteiger partial charge in [0.05, 0.1) is 0 Å². The third-order valence-electron chi connectivity index (χ3n) is 3.33. The van der Waals surface area contributed by atoms with E-state index in [4.69, 9.17) is 0 Å². The van der Waals surface area contributed by atoms with Gasteiger partial charge < -0.3 is 4.90 Å². The molecule has 94 valence electrons. The highest BCUT2D eigenvalue weighted by atomic mass is 32.1. The van der Waals surface area contributed by atoms with Crippen LogP contribution >= 0.6 is 12.6 Å². The second-order valence-electron chi connectivity index (χ2n) is 4.84. The minimum Gasteiger partial charge on any atom is -0.342 e. The van der Waals surface area contributed by atoms with E-state index >= 15 is 0 Å². The summed E-state index contributed by atoms with van der Waals surface area (Å²) in [6.07, 6.45) is 8.07. The van der Waals surface area contributed by atoms with Crippen molar-refractivity contribution in [3.63, 3.8) is 0 Å². The molecule has 0 aromatic rings. The molecule has 1 aliphatic rings. The second kappa shape index (κ2) is 7.99. The molecule has 0 radical (unpaired) electrons. The first kappa shape index (κ1) is 13.9. The molecule has 1 aliphatic heterocycles. The fraction of sp³-hybridized carbons (Fsp3) is 0.923. The highest BCUT2D eigenvalue weighted by Crippen LogP contribution is 2.22. The van der Waals surface area contributed by atoms with Gasteiger partial charge >= 0.3 is 0 Å². The van der Waals surface area contributed by atoms with Crippen molar-refractivity contribution in [2.45, 2.75) is 51.9 Å². The number of thiol groups is 1. The van der Waals surface area contributed by atoms with E-state index in [-0.39, 0.29) is 0 Å². The Balaban J connectivity index is 2.10. The Morgan fingerprint density at radius 1 is 1.31 bits per heavy atom. The van der Waals surface area contributed by atoms with Crippen molar-refractivity contribution < 1.29 is 4.79 Å². The van der Waals surface area contributed by atoms with Crippen molar-refractivity contribution in [1.29, 1.82) is 0 Å². The van der Waals surface area contributed by atoms with E-state index in [0.29, 0.717) is 11.8 Å². The van der Waals surface area contributed by atoms with Gasteiger partial charge in [-0.15, -0.1) is 0 Å². The third kappa shape index (κ3) is 4.77. The number of unbranched alkanes of at least 4 members (excludes halogenated alkanes) is 3. The van der Waals surface area contributed by atoms with Crippen LogP contribution in [0.25, 0.3) is 0 Å². The molecule has 1 unspecified atom stereocenters. The van der Waals surface area contributed by atoms with Gasteiger partial charge in [0.2, 0.25) is 5.91 Å². The van der Waals surface area contributed by atoms with E-state index < -0.39 is 0 Å². The van der Waals surface area contributed by atoms with Gasteiger partial charge in [-0.05, 0) is 30.9 Å². The summed E-state index contributed by atoms with van der Waals surface area (Å²) in [6, 6.07) is 0. The van der Waals surface area contributed by atoms with E-state index in [1.807, 2.05) is 0 Å². The zero-order chi connectivity index (χ0) is 11.8. The molecule has 0 N–H and O–H groups in total. The molecule has 0 aromatic carbocycles. The summed E-state index contributed by atoms with van der Waals surface area (Å²) < 4.78 is 0. The minimum absolute atomic E-state index is 0.382. The summed E-state index contributed by atoms with van der Waals surface area (Å²) in [5.41, 5.74) is 0. The standard InChI is InChI=1S/C13H25NOS/c1-2-7-12-10-13(15)14(11-12)8-5-3-4-6-9-16/h12,16H,2-11H2,1H3. The van der Waals surface area contributed by atoms with E-state index in [2.05, 4.69) is 24.5 Å². The molecule has 0 aromatic heterocycles. The molecule has 1 amide bonds. The van der Waals surface area contributed by atoms with E-state index in [0.717, 1.165) is 25.3 Å². The van der Waals surface area contributed by atoms with Gasteiger partial charge in [-0.1, -0.05) is 26.2 Å². The maximum absolute atomic E-state index is 11.7. The monoisotopic (exact) mass is 243 g/mol. The van der Waals surface area contributed by atoms with Gasteiger partial charge in [0.25, 0.3) is 0 Å². The van der Waals surface area contributed by atoms with Crippen LogP contribution in [0.3, 0.4) is 0 Å². The van der Waals surface area contributed by atoms with Crippen molar-refractivity contribution in [1.82, 2.24) is 4.90 Å². The van der Waals surface area contributed by atoms with Gasteiger partial charge in [0.15, 0.2) is 0 Å². The lowest BCUT2D eigenvalue weighted by molar-refractivity contribution is -0.127. The number of amides is 1. The van der Waals surface area contributed by atoms with Crippen molar-refractivity contribution in [3.8, 4) is 0 Å². The lowest BCUT2D eigenvalue weighted by Crippen LogP contribution is -2.26. The van der Waals surface area contributed by atoms with Crippen LogP contribution < -0.4 is 0 Å². The molecule has 0 saturated carbocycles. The molecule has 2 nitrogen and oxygen atoms in total. The Morgan fingerprint density at radius 2 is 2.06 bits per heavy atom. The highest BCUT2D eigenvalue weighted by Gasteiger charge is 2.27. The molecule has 0 bridgehead atoms. The topological polar surface area (TPSA) is 20.3 Å². The predicted molar refractivity (Wildman–Crippen MR) is 71.9 cm³/mol. The van der Waals surface area contributed by atoms with Gasteiger partial charge in [-0.2, -0.15) is 12.6 Å². The number of likely N-dealkylation sites (tertiary alicyclic amines) is 1. The molecule has 0 spiro atoms. The summed E-state index contributed by atoms with van der Waals surface area (Å²) >= 11 is 4.19. The molecule has 1 rings (SSSR count). The summed E-state index contributed by atoms with van der Waals surface area (Å²) in [5, 5.41) is 0. The zero-order valence-corrected chi connectivity index (χ0v) is 11.3. The normalized spacial score (nSPS) is 20.8. The SMILES string of the molecule is CCCC1CC(=O)N(CCCCCCS)C1. The maximum atomic E-state index is 11.7. The molecule has 1 saturated heterocycles. The number of rotatable bonds is 8. The quantitative estimate of drug-likeness (QED) is 0.513. The molecular formula is C13H25NOS. The molecule has 1 heterocycles. The first-order valence-electron chi connectivity index (χ1n) is 6.66.